The first-order valence-corrected chi connectivity index (χ1v) is 24.6. The molecule has 23 saturated heterocycles. The van der Waals surface area contributed by atoms with Crippen molar-refractivity contribution in [3.63, 3.8) is 0 Å². The van der Waals surface area contributed by atoms with Gasteiger partial charge in [0.2, 0.25) is 0 Å². The van der Waals surface area contributed by atoms with Gasteiger partial charge in [0, 0.05) is 0 Å². The topological polar surface area (TPSA) is 554 Å². The second kappa shape index (κ2) is 26.0. The second-order valence-electron chi connectivity index (χ2n) is 19.7. The van der Waals surface area contributed by atoms with Crippen LogP contribution in [-0.2, 0) is 66.3 Å². The van der Waals surface area contributed by atoms with Crippen LogP contribution in [0.2, 0.25) is 0 Å². The molecule has 23 rings (SSSR count). The minimum atomic E-state index is -2.30. The third-order valence-corrected chi connectivity index (χ3v) is 14.8. The molecule has 23 fully saturated rings. The van der Waals surface area contributed by atoms with Gasteiger partial charge in [-0.2, -0.15) is 0 Å². The van der Waals surface area contributed by atoms with Gasteiger partial charge < -0.3 is 174 Å². The number of aliphatic hydroxyl groups excluding tert-OH is 21. The fourth-order valence-electron chi connectivity index (χ4n) is 10.3. The molecule has 35 atom stereocenters. The Hall–Kier alpha value is -1.40. The third-order valence-electron chi connectivity index (χ3n) is 14.8. The van der Waals surface area contributed by atoms with Crippen molar-refractivity contribution in [3.8, 4) is 0 Å². The summed E-state index contributed by atoms with van der Waals surface area (Å²) in [5.41, 5.74) is 0. The zero-order chi connectivity index (χ0) is 56.1. The van der Waals surface area contributed by atoms with E-state index in [9.17, 15) is 107 Å². The van der Waals surface area contributed by atoms with Crippen molar-refractivity contribution in [2.24, 2.45) is 0 Å². The summed E-state index contributed by atoms with van der Waals surface area (Å²) in [6, 6.07) is 0. The van der Waals surface area contributed by atoms with E-state index in [0.29, 0.717) is 0 Å². The summed E-state index contributed by atoms with van der Waals surface area (Å²) in [6.45, 7) is -7.11. The molecule has 23 heterocycles. The summed E-state index contributed by atoms with van der Waals surface area (Å²) >= 11 is 0. The molecular weight excluding hydrogens is 1060 g/mol. The van der Waals surface area contributed by atoms with Gasteiger partial charge in [0.15, 0.2) is 44.0 Å². The van der Waals surface area contributed by atoms with Crippen LogP contribution < -0.4 is 0 Å². The van der Waals surface area contributed by atoms with Crippen LogP contribution in [0.25, 0.3) is 0 Å². The van der Waals surface area contributed by atoms with Crippen molar-refractivity contribution in [2.45, 2.75) is 215 Å². The minimum Gasteiger partial charge on any atom is -0.394 e. The van der Waals surface area contributed by atoms with E-state index in [2.05, 4.69) is 0 Å². The van der Waals surface area contributed by atoms with E-state index in [1.165, 1.54) is 0 Å². The number of hydrogen-bond acceptors (Lipinski definition) is 35. The molecule has 0 aliphatic carbocycles. The predicted octanol–water partition coefficient (Wildman–Crippen LogP) is -15.2. The molecule has 35 nitrogen and oxygen atoms in total. The highest BCUT2D eigenvalue weighted by atomic mass is 16.8. The van der Waals surface area contributed by atoms with Crippen LogP contribution in [0.15, 0.2) is 0 Å². The lowest BCUT2D eigenvalue weighted by atomic mass is 9.94. The molecule has 0 aromatic rings. The zero-order valence-electron chi connectivity index (χ0n) is 40.3. The van der Waals surface area contributed by atoms with Crippen LogP contribution in [0.5, 0.6) is 0 Å². The van der Waals surface area contributed by atoms with Crippen molar-refractivity contribution in [2.75, 3.05) is 46.2 Å². The lowest BCUT2D eigenvalue weighted by Gasteiger charge is -2.51. The average molecular weight is 1130 g/mol. The highest BCUT2D eigenvalue weighted by Gasteiger charge is 2.59. The van der Waals surface area contributed by atoms with Crippen molar-refractivity contribution >= 4 is 0 Å². The van der Waals surface area contributed by atoms with Gasteiger partial charge in [-0.15, -0.1) is 0 Å². The van der Waals surface area contributed by atoms with Crippen molar-refractivity contribution in [1.82, 2.24) is 0 Å². The van der Waals surface area contributed by atoms with Crippen LogP contribution in [-0.4, -0.2) is 368 Å². The Bertz CT molecular complexity index is 1820. The fourth-order valence-corrected chi connectivity index (χ4v) is 10.3. The van der Waals surface area contributed by atoms with Crippen LogP contribution in [0, 0.1) is 0 Å². The third kappa shape index (κ3) is 12.2. The Balaban J connectivity index is 1.11. The second-order valence-corrected chi connectivity index (χ2v) is 19.7. The summed E-state index contributed by atoms with van der Waals surface area (Å²) < 4.78 is 80.0. The van der Waals surface area contributed by atoms with Crippen molar-refractivity contribution in [1.29, 1.82) is 0 Å². The molecule has 77 heavy (non-hydrogen) atoms. The molecule has 0 aromatic heterocycles. The zero-order valence-corrected chi connectivity index (χ0v) is 40.3. The summed E-state index contributed by atoms with van der Waals surface area (Å²) in [7, 11) is 0. The maximum Gasteiger partial charge on any atom is 0.187 e. The molecule has 23 aliphatic heterocycles. The minimum absolute atomic E-state index is 0.889. The van der Waals surface area contributed by atoms with Gasteiger partial charge in [-0.1, -0.05) is 0 Å². The van der Waals surface area contributed by atoms with Gasteiger partial charge in [-0.25, -0.2) is 0 Å². The lowest BCUT2D eigenvalue weighted by molar-refractivity contribution is -0.405. The number of aliphatic hydroxyl groups is 21. The molecule has 0 amide bonds. The molecule has 23 aliphatic rings. The van der Waals surface area contributed by atoms with Gasteiger partial charge in [-0.3, -0.25) is 0 Å². The SMILES string of the molecule is OC[C@H]1O[C@H](OC[C@H]2O[C@@H]3O[C@H]4[C@H](O)[C@@H](O)[C@@H](O[C@H]5[C@H](O)[C@@H](O)[C@@H](O[C@H]6[C@H](O)[C@@H](O)[C@@H](O[C@H]7[C@H](O)[C@@H](O)[C@@H](O[C@H]8[C@H](O)[C@@H](O)[C@@H](O[C@H]2[C@H](O)[C@H]3O)O[C@@H]8CO)O[C@@H]7CO)O[C@@H]6CO)O[C@@H]5CO)O[C@@H]4CO)[C@H](O)[C@@H](O)[C@@H]1O. The average Bonchev–Trinajstić information content (AvgIpc) is 3.46. The molecule has 448 valence electrons. The highest BCUT2D eigenvalue weighted by Crippen LogP contribution is 2.38. The molecule has 0 aromatic carbocycles. The van der Waals surface area contributed by atoms with E-state index >= 15 is 0 Å². The monoisotopic (exact) mass is 1130 g/mol. The van der Waals surface area contributed by atoms with Gasteiger partial charge in [0.1, 0.15) is 171 Å². The van der Waals surface area contributed by atoms with Gasteiger partial charge >= 0.3 is 0 Å². The van der Waals surface area contributed by atoms with Crippen LogP contribution in [0.1, 0.15) is 0 Å². The van der Waals surface area contributed by atoms with E-state index in [4.69, 9.17) is 66.3 Å². The summed E-state index contributed by atoms with van der Waals surface area (Å²) in [5.74, 6) is 0. The van der Waals surface area contributed by atoms with Crippen molar-refractivity contribution in [3.05, 3.63) is 0 Å². The Kier molecular flexibility index (Phi) is 20.8. The maximum absolute atomic E-state index is 11.7. The first-order valence-electron chi connectivity index (χ1n) is 24.6. The summed E-state index contributed by atoms with van der Waals surface area (Å²) in [6.07, 6.45) is -70.4. The van der Waals surface area contributed by atoms with Crippen LogP contribution in [0.4, 0.5) is 0 Å². The highest BCUT2D eigenvalue weighted by molar-refractivity contribution is 5.01. The van der Waals surface area contributed by atoms with E-state index in [0.717, 1.165) is 0 Å². The number of ether oxygens (including phenoxy) is 14. The fraction of sp³-hybridized carbons (Fsp3) is 1.00. The van der Waals surface area contributed by atoms with Crippen LogP contribution in [0.3, 0.4) is 0 Å². The van der Waals surface area contributed by atoms with Crippen molar-refractivity contribution < 1.29 is 174 Å². The van der Waals surface area contributed by atoms with Crippen LogP contribution >= 0.6 is 0 Å². The molecule has 0 radical (unpaired) electrons. The van der Waals surface area contributed by atoms with E-state index < -0.39 is 261 Å². The lowest BCUT2D eigenvalue weighted by Crippen LogP contribution is -2.69. The normalized spacial score (nSPS) is 55.2. The van der Waals surface area contributed by atoms with Gasteiger partial charge in [0.05, 0.1) is 46.2 Å². The Morgan fingerprint density at radius 1 is 0.208 bits per heavy atom. The Morgan fingerprint density at radius 3 is 0.662 bits per heavy atom. The molecule has 35 heteroatoms. The van der Waals surface area contributed by atoms with Gasteiger partial charge in [0.25, 0.3) is 0 Å². The standard InChI is InChI=1S/C42H70O35/c43-1-8-15(49)16(50)23(57)36(65-8)64-7-14-35-22(56)29(63)42(71-14)76-34-13(6-48)69-40(27(61)20(34)54)74-32-11(4-46)67-38(25(59)18(32)52)72-30-9(2-44)66-37(24(58)17(30)51)73-31-10(3-45)68-39(26(60)19(31)53)75-33-12(5-47)70-41(77-35)28(62)21(33)55/h8-63H,1-7H2/t8-,9-,10-,11-,12-,13-,14-,15-,16+,17-,18-,19-,20-,21-,22-,23-,24-,25-,26-,27-,28-,29-,30-,31-,32-,33-,34-,35-,36+,37-,38-,39-,40-,41-,42-/m1/s1. The first-order chi connectivity index (χ1) is 36.6. The number of hydrogen-bond donors (Lipinski definition) is 21. The Labute approximate surface area is 434 Å². The van der Waals surface area contributed by atoms with E-state index in [-0.39, 0.29) is 0 Å². The molecule has 12 bridgehead atoms. The van der Waals surface area contributed by atoms with E-state index in [1.807, 2.05) is 0 Å². The molecule has 0 spiro atoms. The maximum atomic E-state index is 11.7. The first kappa shape index (κ1) is 61.7. The quantitative estimate of drug-likeness (QED) is 0.102. The molecular formula is C42H70O35. The Morgan fingerprint density at radius 2 is 0.429 bits per heavy atom. The van der Waals surface area contributed by atoms with Gasteiger partial charge in [-0.05, 0) is 0 Å². The number of rotatable bonds is 9. The summed E-state index contributed by atoms with van der Waals surface area (Å²) in [4.78, 5) is 0. The largest absolute Gasteiger partial charge is 0.394 e. The smallest absolute Gasteiger partial charge is 0.187 e. The molecule has 0 unspecified atom stereocenters. The molecule has 0 saturated carbocycles. The molecule has 21 N–H and O–H groups in total. The van der Waals surface area contributed by atoms with E-state index in [1.54, 1.807) is 0 Å². The predicted molar refractivity (Wildman–Crippen MR) is 228 cm³/mol. The summed E-state index contributed by atoms with van der Waals surface area (Å²) in [5, 5.41) is 230.